The number of nitrogens with one attached hydrogen (secondary N) is 1. The molecule has 0 aromatic heterocycles. The lowest BCUT2D eigenvalue weighted by molar-refractivity contribution is -0.0502. The van der Waals surface area contributed by atoms with Crippen LogP contribution < -0.4 is 5.32 Å². The first kappa shape index (κ1) is 25.7. The highest BCUT2D eigenvalue weighted by atomic mass is 127. The Labute approximate surface area is 211 Å². The topological polar surface area (TPSA) is 43.3 Å². The highest BCUT2D eigenvalue weighted by molar-refractivity contribution is 14.0. The van der Waals surface area contributed by atoms with Gasteiger partial charge in [-0.3, -0.25) is 9.89 Å². The Kier molecular flexibility index (Phi) is 10.5. The number of hydrogen-bond acceptors (Lipinski definition) is 4. The summed E-state index contributed by atoms with van der Waals surface area (Å²) in [6, 6.07) is 11.3. The van der Waals surface area contributed by atoms with E-state index in [0.29, 0.717) is 6.04 Å². The number of rotatable bonds is 7. The van der Waals surface area contributed by atoms with Gasteiger partial charge in [-0.15, -0.1) is 24.0 Å². The van der Waals surface area contributed by atoms with Crippen molar-refractivity contribution in [2.45, 2.75) is 51.8 Å². The fraction of sp³-hybridized carbons (Fsp3) is 0.720. The molecule has 180 valence electrons. The molecule has 0 amide bonds. The minimum atomic E-state index is 0. The Morgan fingerprint density at radius 2 is 1.88 bits per heavy atom. The fourth-order valence-corrected chi connectivity index (χ4v) is 5.32. The monoisotopic (exact) mass is 555 g/mol. The van der Waals surface area contributed by atoms with E-state index >= 15 is 0 Å². The summed E-state index contributed by atoms with van der Waals surface area (Å²) < 4.78 is 6.18. The number of nitrogens with zero attached hydrogens (tertiary/aromatic N) is 4. The van der Waals surface area contributed by atoms with E-state index in [1.165, 1.54) is 44.5 Å². The summed E-state index contributed by atoms with van der Waals surface area (Å²) >= 11 is 0. The quantitative estimate of drug-likeness (QED) is 0.318. The van der Waals surface area contributed by atoms with Crippen molar-refractivity contribution in [2.75, 3.05) is 59.0 Å². The van der Waals surface area contributed by atoms with Crippen molar-refractivity contribution < 1.29 is 4.74 Å². The third kappa shape index (κ3) is 6.81. The van der Waals surface area contributed by atoms with Crippen LogP contribution in [0, 0.1) is 5.92 Å². The van der Waals surface area contributed by atoms with Gasteiger partial charge >= 0.3 is 0 Å². The number of ether oxygens (including phenoxy) is 1. The average Bonchev–Trinajstić information content (AvgIpc) is 3.25. The van der Waals surface area contributed by atoms with Gasteiger partial charge in [0.1, 0.15) is 0 Å². The maximum absolute atomic E-state index is 6.18. The maximum Gasteiger partial charge on any atom is 0.194 e. The third-order valence-corrected chi connectivity index (χ3v) is 7.23. The zero-order valence-corrected chi connectivity index (χ0v) is 22.2. The number of guanidine groups is 1. The molecule has 0 aliphatic carbocycles. The zero-order valence-electron chi connectivity index (χ0n) is 19.9. The molecule has 32 heavy (non-hydrogen) atoms. The van der Waals surface area contributed by atoms with E-state index in [1.54, 1.807) is 0 Å². The number of aliphatic imine (C=N–C) groups is 1. The molecule has 1 N–H and O–H groups in total. The minimum absolute atomic E-state index is 0. The second-order valence-corrected chi connectivity index (χ2v) is 9.24. The Balaban J connectivity index is 0.00000289. The van der Waals surface area contributed by atoms with Crippen molar-refractivity contribution in [2.24, 2.45) is 10.9 Å². The van der Waals surface area contributed by atoms with Crippen molar-refractivity contribution in [1.29, 1.82) is 0 Å². The molecule has 6 nitrogen and oxygen atoms in total. The molecule has 3 aliphatic rings. The van der Waals surface area contributed by atoms with E-state index in [-0.39, 0.29) is 30.1 Å². The largest absolute Gasteiger partial charge is 0.373 e. The van der Waals surface area contributed by atoms with Crippen LogP contribution >= 0.6 is 24.0 Å². The first-order valence-electron chi connectivity index (χ1n) is 12.4. The molecule has 0 saturated carbocycles. The highest BCUT2D eigenvalue weighted by Gasteiger charge is 2.41. The lowest BCUT2D eigenvalue weighted by Gasteiger charge is -2.36. The molecule has 0 spiro atoms. The summed E-state index contributed by atoms with van der Waals surface area (Å²) in [4.78, 5) is 12.6. The van der Waals surface area contributed by atoms with Crippen LogP contribution in [0.5, 0.6) is 0 Å². The van der Waals surface area contributed by atoms with Gasteiger partial charge in [-0.1, -0.05) is 37.3 Å². The van der Waals surface area contributed by atoms with E-state index in [0.717, 1.165) is 57.8 Å². The second-order valence-electron chi connectivity index (χ2n) is 9.24. The summed E-state index contributed by atoms with van der Waals surface area (Å²) in [5.74, 6) is 1.91. The number of morpholine rings is 1. The van der Waals surface area contributed by atoms with Gasteiger partial charge in [0.05, 0.1) is 18.8 Å². The second kappa shape index (κ2) is 13.1. The van der Waals surface area contributed by atoms with Crippen LogP contribution in [0.4, 0.5) is 0 Å². The number of fused-ring (bicyclic) bond motifs is 1. The molecular weight excluding hydrogens is 513 g/mol. The van der Waals surface area contributed by atoms with Crippen LogP contribution in [0.25, 0.3) is 0 Å². The van der Waals surface area contributed by atoms with Gasteiger partial charge in [0.2, 0.25) is 0 Å². The van der Waals surface area contributed by atoms with Crippen LogP contribution in [0.2, 0.25) is 0 Å². The van der Waals surface area contributed by atoms with E-state index in [9.17, 15) is 0 Å². The molecule has 2 atom stereocenters. The van der Waals surface area contributed by atoms with E-state index in [1.807, 2.05) is 0 Å². The molecule has 3 aliphatic heterocycles. The molecule has 0 radical (unpaired) electrons. The smallest absolute Gasteiger partial charge is 0.194 e. The van der Waals surface area contributed by atoms with Crippen LogP contribution in [0.3, 0.4) is 0 Å². The van der Waals surface area contributed by atoms with Gasteiger partial charge in [0, 0.05) is 39.3 Å². The average molecular weight is 556 g/mol. The summed E-state index contributed by atoms with van der Waals surface area (Å²) in [5.41, 5.74) is 1.39. The number of piperidine rings is 1. The van der Waals surface area contributed by atoms with Gasteiger partial charge in [-0.2, -0.15) is 0 Å². The van der Waals surface area contributed by atoms with Crippen molar-refractivity contribution in [1.82, 2.24) is 20.0 Å². The van der Waals surface area contributed by atoms with Crippen LogP contribution in [-0.4, -0.2) is 91.8 Å². The number of benzene rings is 1. The van der Waals surface area contributed by atoms with Crippen molar-refractivity contribution in [3.63, 3.8) is 0 Å². The summed E-state index contributed by atoms with van der Waals surface area (Å²) in [7, 11) is 0. The number of likely N-dealkylation sites (tertiary alicyclic amines) is 2. The predicted molar refractivity (Wildman–Crippen MR) is 143 cm³/mol. The van der Waals surface area contributed by atoms with Crippen LogP contribution in [0.1, 0.15) is 38.7 Å². The third-order valence-electron chi connectivity index (χ3n) is 7.23. The Morgan fingerprint density at radius 3 is 2.59 bits per heavy atom. The van der Waals surface area contributed by atoms with Gasteiger partial charge < -0.3 is 19.9 Å². The van der Waals surface area contributed by atoms with Crippen molar-refractivity contribution in [3.8, 4) is 0 Å². The molecule has 3 fully saturated rings. The molecule has 1 aromatic carbocycles. The summed E-state index contributed by atoms with van der Waals surface area (Å²) in [6.07, 6.45) is 4.15. The molecule has 1 aromatic rings. The van der Waals surface area contributed by atoms with Gasteiger partial charge in [-0.25, -0.2) is 0 Å². The lowest BCUT2D eigenvalue weighted by Crippen LogP contribution is -2.50. The summed E-state index contributed by atoms with van der Waals surface area (Å²) in [5, 5.41) is 3.55. The SMILES string of the molecule is CCNC(=NCCC1CCN(CC)CC1)N1CC2OCCN(Cc3ccccc3)C2C1.I. The number of hydrogen-bond donors (Lipinski definition) is 1. The van der Waals surface area contributed by atoms with Crippen LogP contribution in [0.15, 0.2) is 35.3 Å². The summed E-state index contributed by atoms with van der Waals surface area (Å²) in [6.45, 7) is 14.8. The standard InChI is InChI=1S/C25H41N5O.HI/c1-3-26-25(27-13-10-21-11-14-28(4-2)15-12-21)30-19-23-24(20-30)31-17-16-29(23)18-22-8-6-5-7-9-22;/h5-9,21,23-24H,3-4,10-20H2,1-2H3,(H,26,27);1H. The van der Waals surface area contributed by atoms with Crippen molar-refractivity contribution in [3.05, 3.63) is 35.9 Å². The minimum Gasteiger partial charge on any atom is -0.373 e. The fourth-order valence-electron chi connectivity index (χ4n) is 5.32. The molecule has 4 rings (SSSR count). The molecule has 7 heteroatoms. The molecule has 3 heterocycles. The lowest BCUT2D eigenvalue weighted by atomic mass is 9.94. The normalized spacial score (nSPS) is 25.4. The maximum atomic E-state index is 6.18. The van der Waals surface area contributed by atoms with Crippen LogP contribution in [-0.2, 0) is 11.3 Å². The Morgan fingerprint density at radius 1 is 1.09 bits per heavy atom. The van der Waals surface area contributed by atoms with Gasteiger partial charge in [-0.05, 0) is 57.3 Å². The Hall–Kier alpha value is -0.900. The molecular formula is C25H42IN5O. The first-order chi connectivity index (χ1) is 15.3. The van der Waals surface area contributed by atoms with Crippen molar-refractivity contribution >= 4 is 29.9 Å². The molecule has 0 bridgehead atoms. The van der Waals surface area contributed by atoms with E-state index in [2.05, 4.69) is 64.2 Å². The van der Waals surface area contributed by atoms with E-state index in [4.69, 9.17) is 9.73 Å². The molecule has 3 saturated heterocycles. The molecule has 2 unspecified atom stereocenters. The Bertz CT molecular complexity index is 695. The first-order valence-corrected chi connectivity index (χ1v) is 12.4. The number of halogens is 1. The van der Waals surface area contributed by atoms with Gasteiger partial charge in [0.15, 0.2) is 5.96 Å². The highest BCUT2D eigenvalue weighted by Crippen LogP contribution is 2.25. The predicted octanol–water partition coefficient (Wildman–Crippen LogP) is 3.28. The van der Waals surface area contributed by atoms with Gasteiger partial charge in [0.25, 0.3) is 0 Å². The van der Waals surface area contributed by atoms with E-state index < -0.39 is 0 Å². The zero-order chi connectivity index (χ0) is 21.5.